The van der Waals surface area contributed by atoms with Crippen molar-refractivity contribution in [2.45, 2.75) is 49.4 Å². The van der Waals surface area contributed by atoms with E-state index in [1.54, 1.807) is 24.3 Å². The average molecular weight is 471 g/mol. The summed E-state index contributed by atoms with van der Waals surface area (Å²) in [7, 11) is -3.35. The first-order valence-electron chi connectivity index (χ1n) is 11.6. The molecule has 1 aromatic heterocycles. The molecule has 0 saturated heterocycles. The molecule has 2 aromatic carbocycles. The number of rotatable bonds is 11. The molecule has 33 heavy (non-hydrogen) atoms. The van der Waals surface area contributed by atoms with Gasteiger partial charge in [0, 0.05) is 41.8 Å². The summed E-state index contributed by atoms with van der Waals surface area (Å²) in [5.74, 6) is 1.39. The van der Waals surface area contributed by atoms with Crippen LogP contribution in [0.5, 0.6) is 5.75 Å². The molecular formula is C24H30N4O4S. The summed E-state index contributed by atoms with van der Waals surface area (Å²) in [5, 5.41) is 22.1. The van der Waals surface area contributed by atoms with E-state index in [1.807, 2.05) is 12.1 Å². The summed E-state index contributed by atoms with van der Waals surface area (Å²) >= 11 is 0. The molecule has 0 aliphatic heterocycles. The smallest absolute Gasteiger partial charge is 0.235 e. The second-order valence-corrected chi connectivity index (χ2v) is 10.9. The molecule has 0 bridgehead atoms. The molecule has 0 radical (unpaired) electrons. The minimum Gasteiger partial charge on any atom is -0.492 e. The van der Waals surface area contributed by atoms with Crippen LogP contribution in [-0.4, -0.2) is 48.7 Å². The molecule has 176 valence electrons. The van der Waals surface area contributed by atoms with Gasteiger partial charge >= 0.3 is 0 Å². The van der Waals surface area contributed by atoms with Crippen LogP contribution in [0.15, 0.2) is 42.5 Å². The number of aromatic nitrogens is 2. The van der Waals surface area contributed by atoms with Gasteiger partial charge in [0.15, 0.2) is 0 Å². The van der Waals surface area contributed by atoms with E-state index >= 15 is 0 Å². The largest absolute Gasteiger partial charge is 0.492 e. The van der Waals surface area contributed by atoms with Gasteiger partial charge in [-0.3, -0.25) is 9.82 Å². The average Bonchev–Trinajstić information content (AvgIpc) is 3.50. The lowest BCUT2D eigenvalue weighted by Crippen LogP contribution is -2.33. The Morgan fingerprint density at radius 1 is 1.15 bits per heavy atom. The molecule has 3 aromatic rings. The summed E-state index contributed by atoms with van der Waals surface area (Å²) in [6.07, 6.45) is 4.08. The Labute approximate surface area is 193 Å². The lowest BCUT2D eigenvalue weighted by atomic mass is 10.0. The minimum absolute atomic E-state index is 0.304. The normalized spacial score (nSPS) is 17.6. The van der Waals surface area contributed by atoms with E-state index in [1.165, 1.54) is 23.9 Å². The zero-order valence-electron chi connectivity index (χ0n) is 18.5. The van der Waals surface area contributed by atoms with E-state index < -0.39 is 16.1 Å². The van der Waals surface area contributed by atoms with Crippen LogP contribution in [0.2, 0.25) is 0 Å². The molecule has 8 nitrogen and oxygen atoms in total. The molecule has 2 aliphatic rings. The minimum atomic E-state index is -3.35. The third-order valence-corrected chi connectivity index (χ3v) is 8.32. The Morgan fingerprint density at radius 2 is 2.00 bits per heavy atom. The summed E-state index contributed by atoms with van der Waals surface area (Å²) in [6, 6.07) is 12.9. The number of aromatic amines is 1. The number of fused-ring (bicyclic) bond motifs is 1. The van der Waals surface area contributed by atoms with Gasteiger partial charge in [0.1, 0.15) is 12.4 Å². The van der Waals surface area contributed by atoms with Crippen molar-refractivity contribution >= 4 is 26.6 Å². The zero-order valence-corrected chi connectivity index (χ0v) is 19.3. The lowest BCUT2D eigenvalue weighted by molar-refractivity contribution is 0.172. The third kappa shape index (κ3) is 5.15. The maximum atomic E-state index is 12.3. The first-order chi connectivity index (χ1) is 16.0. The number of H-pyrrole nitrogens is 1. The number of nitrogens with one attached hydrogen (secondary N) is 3. The van der Waals surface area contributed by atoms with Crippen LogP contribution in [0.3, 0.4) is 0 Å². The van der Waals surface area contributed by atoms with E-state index in [2.05, 4.69) is 26.3 Å². The fourth-order valence-electron chi connectivity index (χ4n) is 4.12. The van der Waals surface area contributed by atoms with E-state index in [0.29, 0.717) is 49.7 Å². The van der Waals surface area contributed by atoms with Crippen LogP contribution >= 0.6 is 0 Å². The SMILES string of the molecule is O=S(=O)(Nc1cccc(C(O)CNCCOc2ccc3c(C4CC4)[nH]nc3c2)c1)C1CCC1. The molecule has 1 heterocycles. The predicted octanol–water partition coefficient (Wildman–Crippen LogP) is 3.44. The van der Waals surface area contributed by atoms with Crippen molar-refractivity contribution in [3.05, 3.63) is 53.7 Å². The number of hydrogen-bond acceptors (Lipinski definition) is 6. The molecule has 2 saturated carbocycles. The molecule has 0 amide bonds. The maximum absolute atomic E-state index is 12.3. The number of hydrogen-bond donors (Lipinski definition) is 4. The van der Waals surface area contributed by atoms with Gasteiger partial charge in [-0.15, -0.1) is 0 Å². The van der Waals surface area contributed by atoms with Crippen LogP contribution in [-0.2, 0) is 10.0 Å². The first kappa shape index (κ1) is 22.2. The van der Waals surface area contributed by atoms with Crippen LogP contribution in [0.4, 0.5) is 5.69 Å². The fraction of sp³-hybridized carbons (Fsp3) is 0.458. The van der Waals surface area contributed by atoms with Gasteiger partial charge in [0.2, 0.25) is 10.0 Å². The van der Waals surface area contributed by atoms with Crippen molar-refractivity contribution in [1.29, 1.82) is 0 Å². The first-order valence-corrected chi connectivity index (χ1v) is 13.2. The van der Waals surface area contributed by atoms with Gasteiger partial charge in [-0.25, -0.2) is 8.42 Å². The Hall–Kier alpha value is -2.62. The van der Waals surface area contributed by atoms with E-state index in [9.17, 15) is 13.5 Å². The highest BCUT2D eigenvalue weighted by molar-refractivity contribution is 7.93. The second-order valence-electron chi connectivity index (χ2n) is 8.98. The number of aliphatic hydroxyl groups is 1. The Morgan fingerprint density at radius 3 is 2.76 bits per heavy atom. The molecule has 1 unspecified atom stereocenters. The van der Waals surface area contributed by atoms with E-state index in [0.717, 1.165) is 17.7 Å². The van der Waals surface area contributed by atoms with Crippen molar-refractivity contribution < 1.29 is 18.3 Å². The Kier molecular flexibility index (Phi) is 6.27. The molecule has 0 spiro atoms. The van der Waals surface area contributed by atoms with Crippen molar-refractivity contribution in [3.8, 4) is 5.75 Å². The van der Waals surface area contributed by atoms with Crippen molar-refractivity contribution in [3.63, 3.8) is 0 Å². The van der Waals surface area contributed by atoms with Crippen molar-refractivity contribution in [2.75, 3.05) is 24.4 Å². The van der Waals surface area contributed by atoms with Gasteiger partial charge in [-0.05, 0) is 55.5 Å². The van der Waals surface area contributed by atoms with Crippen molar-refractivity contribution in [1.82, 2.24) is 15.5 Å². The van der Waals surface area contributed by atoms with E-state index in [4.69, 9.17) is 4.74 Å². The van der Waals surface area contributed by atoms with Crippen LogP contribution < -0.4 is 14.8 Å². The topological polar surface area (TPSA) is 116 Å². The summed E-state index contributed by atoms with van der Waals surface area (Å²) < 4.78 is 33.1. The number of benzene rings is 2. The highest BCUT2D eigenvalue weighted by atomic mass is 32.2. The molecular weight excluding hydrogens is 440 g/mol. The highest BCUT2D eigenvalue weighted by Gasteiger charge is 2.31. The van der Waals surface area contributed by atoms with Gasteiger partial charge < -0.3 is 15.2 Å². The number of anilines is 1. The van der Waals surface area contributed by atoms with E-state index in [-0.39, 0.29) is 5.25 Å². The van der Waals surface area contributed by atoms with Gasteiger partial charge in [-0.2, -0.15) is 5.10 Å². The quantitative estimate of drug-likeness (QED) is 0.319. The number of ether oxygens (including phenoxy) is 1. The van der Waals surface area contributed by atoms with Crippen LogP contribution in [0.1, 0.15) is 55.4 Å². The lowest BCUT2D eigenvalue weighted by Gasteiger charge is -2.25. The van der Waals surface area contributed by atoms with Crippen LogP contribution in [0.25, 0.3) is 10.9 Å². The van der Waals surface area contributed by atoms with Crippen molar-refractivity contribution in [2.24, 2.45) is 0 Å². The second kappa shape index (κ2) is 9.32. The standard InChI is InChI=1S/C24H30N4O4S/c29-23(17-3-1-4-18(13-17)28-33(30,31)20-5-2-6-20)15-25-11-12-32-19-9-10-21-22(14-19)26-27-24(21)16-7-8-16/h1,3-4,9-10,13-14,16,20,23,25,28-29H,2,5-8,11-12,15H2,(H,26,27). The number of nitrogens with zero attached hydrogens (tertiary/aromatic N) is 1. The van der Waals surface area contributed by atoms with Crippen LogP contribution in [0, 0.1) is 0 Å². The third-order valence-electron chi connectivity index (χ3n) is 6.45. The number of sulfonamides is 1. The molecule has 2 fully saturated rings. The molecule has 1 atom stereocenters. The molecule has 5 rings (SSSR count). The van der Waals surface area contributed by atoms with Gasteiger partial charge in [0.25, 0.3) is 0 Å². The summed E-state index contributed by atoms with van der Waals surface area (Å²) in [4.78, 5) is 0. The molecule has 4 N–H and O–H groups in total. The highest BCUT2D eigenvalue weighted by Crippen LogP contribution is 2.42. The Balaban J connectivity index is 1.08. The Bertz CT molecular complexity index is 1220. The molecule has 2 aliphatic carbocycles. The fourth-order valence-corrected chi connectivity index (χ4v) is 5.70. The zero-order chi connectivity index (χ0) is 22.8. The summed E-state index contributed by atoms with van der Waals surface area (Å²) in [6.45, 7) is 1.36. The predicted molar refractivity (Wildman–Crippen MR) is 128 cm³/mol. The maximum Gasteiger partial charge on any atom is 0.235 e. The monoisotopic (exact) mass is 470 g/mol. The van der Waals surface area contributed by atoms with Gasteiger partial charge in [-0.1, -0.05) is 18.6 Å². The van der Waals surface area contributed by atoms with Gasteiger partial charge in [0.05, 0.1) is 16.9 Å². The summed E-state index contributed by atoms with van der Waals surface area (Å²) in [5.41, 5.74) is 3.30. The molecule has 9 heteroatoms. The number of aliphatic hydroxyl groups excluding tert-OH is 1.